The molecule has 8 heteroatoms. The largest absolute Gasteiger partial charge is 0.481 e. The topological polar surface area (TPSA) is 105 Å². The Hall–Kier alpha value is -2.48. The molecule has 0 aromatic heterocycles. The van der Waals surface area contributed by atoms with Crippen LogP contribution in [0.3, 0.4) is 0 Å². The fourth-order valence-electron chi connectivity index (χ4n) is 2.63. The Morgan fingerprint density at radius 2 is 1.96 bits per heavy atom. The van der Waals surface area contributed by atoms with Crippen molar-refractivity contribution in [3.63, 3.8) is 0 Å². The zero-order valence-corrected chi connectivity index (χ0v) is 13.0. The van der Waals surface area contributed by atoms with Crippen molar-refractivity contribution in [2.75, 3.05) is 19.8 Å². The van der Waals surface area contributed by atoms with E-state index in [1.165, 1.54) is 18.2 Å². The second kappa shape index (κ2) is 7.87. The highest BCUT2D eigenvalue weighted by Crippen LogP contribution is 2.24. The van der Waals surface area contributed by atoms with Gasteiger partial charge >= 0.3 is 5.97 Å². The zero-order valence-electron chi connectivity index (χ0n) is 13.0. The quantitative estimate of drug-likeness (QED) is 0.708. The van der Waals surface area contributed by atoms with Gasteiger partial charge in [-0.15, -0.1) is 0 Å². The molecule has 0 spiro atoms. The molecule has 7 nitrogen and oxygen atoms in total. The number of aliphatic carboxylic acids is 1. The first-order chi connectivity index (χ1) is 11.4. The number of hydrogen-bond acceptors (Lipinski definition) is 4. The van der Waals surface area contributed by atoms with E-state index in [-0.39, 0.29) is 18.5 Å². The van der Waals surface area contributed by atoms with Crippen LogP contribution >= 0.6 is 0 Å². The molecule has 0 aliphatic carbocycles. The molecule has 1 aromatic carbocycles. The van der Waals surface area contributed by atoms with Crippen LogP contribution in [0.15, 0.2) is 24.3 Å². The van der Waals surface area contributed by atoms with E-state index in [9.17, 15) is 18.8 Å². The minimum Gasteiger partial charge on any atom is -0.481 e. The van der Waals surface area contributed by atoms with Gasteiger partial charge in [-0.3, -0.25) is 14.4 Å². The van der Waals surface area contributed by atoms with Crippen LogP contribution in [0.4, 0.5) is 4.39 Å². The Kier molecular flexibility index (Phi) is 5.86. The molecular formula is C16H19FN2O5. The van der Waals surface area contributed by atoms with Gasteiger partial charge in [-0.25, -0.2) is 4.39 Å². The summed E-state index contributed by atoms with van der Waals surface area (Å²) in [7, 11) is 0. The summed E-state index contributed by atoms with van der Waals surface area (Å²) in [6, 6.07) is 5.11. The molecule has 1 fully saturated rings. The zero-order chi connectivity index (χ0) is 17.6. The number of rotatable bonds is 6. The van der Waals surface area contributed by atoms with E-state index in [0.717, 1.165) is 6.07 Å². The maximum Gasteiger partial charge on any atom is 0.305 e. The molecule has 0 unspecified atom stereocenters. The van der Waals surface area contributed by atoms with Crippen molar-refractivity contribution in [2.24, 2.45) is 0 Å². The van der Waals surface area contributed by atoms with Gasteiger partial charge in [0.2, 0.25) is 5.91 Å². The lowest BCUT2D eigenvalue weighted by molar-refractivity contribution is -0.140. The van der Waals surface area contributed by atoms with Gasteiger partial charge in [-0.2, -0.15) is 0 Å². The average molecular weight is 338 g/mol. The molecule has 0 atom stereocenters. The maximum atomic E-state index is 13.1. The van der Waals surface area contributed by atoms with E-state index in [4.69, 9.17) is 9.84 Å². The van der Waals surface area contributed by atoms with Crippen LogP contribution in [-0.2, 0) is 14.3 Å². The lowest BCUT2D eigenvalue weighted by Gasteiger charge is -2.36. The van der Waals surface area contributed by atoms with Crippen molar-refractivity contribution in [1.82, 2.24) is 10.6 Å². The van der Waals surface area contributed by atoms with Gasteiger partial charge in [0.25, 0.3) is 5.91 Å². The van der Waals surface area contributed by atoms with Gasteiger partial charge in [0.1, 0.15) is 5.82 Å². The molecule has 1 saturated heterocycles. The summed E-state index contributed by atoms with van der Waals surface area (Å²) in [6.45, 7) is 0.407. The number of benzene rings is 1. The molecule has 3 N–H and O–H groups in total. The fraction of sp³-hybridized carbons (Fsp3) is 0.438. The lowest BCUT2D eigenvalue weighted by atomic mass is 9.86. The first-order valence-corrected chi connectivity index (χ1v) is 7.54. The van der Waals surface area contributed by atoms with Crippen molar-refractivity contribution >= 4 is 17.8 Å². The molecule has 0 bridgehead atoms. The fourth-order valence-corrected chi connectivity index (χ4v) is 2.63. The summed E-state index contributed by atoms with van der Waals surface area (Å²) in [6.07, 6.45) is 0.575. The molecular weight excluding hydrogens is 319 g/mol. The third-order valence-electron chi connectivity index (χ3n) is 3.84. The standard InChI is InChI=1S/C16H19FN2O5/c17-12-3-1-2-11(8-12)15(23)18-10-13(20)19-16(9-14(21)22)4-6-24-7-5-16/h1-3,8H,4-7,9-10H2,(H,18,23)(H,19,20)(H,21,22). The predicted octanol–water partition coefficient (Wildman–Crippen LogP) is 0.696. The molecule has 24 heavy (non-hydrogen) atoms. The van der Waals surface area contributed by atoms with E-state index < -0.39 is 29.1 Å². The molecule has 130 valence electrons. The van der Waals surface area contributed by atoms with Gasteiger partial charge in [-0.05, 0) is 31.0 Å². The number of amides is 2. The monoisotopic (exact) mass is 338 g/mol. The minimum atomic E-state index is -1.01. The summed E-state index contributed by atoms with van der Waals surface area (Å²) in [5.74, 6) is -2.64. The van der Waals surface area contributed by atoms with Crippen LogP contribution in [0.25, 0.3) is 0 Å². The van der Waals surface area contributed by atoms with Gasteiger partial charge in [0.15, 0.2) is 0 Å². The maximum absolute atomic E-state index is 13.1. The third kappa shape index (κ3) is 5.02. The molecule has 0 saturated carbocycles. The van der Waals surface area contributed by atoms with E-state index in [1.54, 1.807) is 0 Å². The number of ether oxygens (including phenoxy) is 1. The lowest BCUT2D eigenvalue weighted by Crippen LogP contribution is -2.55. The number of halogens is 1. The normalized spacial score (nSPS) is 16.2. The van der Waals surface area contributed by atoms with Gasteiger partial charge in [-0.1, -0.05) is 6.07 Å². The predicted molar refractivity (Wildman–Crippen MR) is 81.9 cm³/mol. The van der Waals surface area contributed by atoms with Crippen molar-refractivity contribution in [2.45, 2.75) is 24.8 Å². The third-order valence-corrected chi connectivity index (χ3v) is 3.84. The average Bonchev–Trinajstić information content (AvgIpc) is 2.52. The summed E-state index contributed by atoms with van der Waals surface area (Å²) in [5, 5.41) is 14.1. The number of carbonyl (C=O) groups excluding carboxylic acids is 2. The number of carboxylic acids is 1. The van der Waals surface area contributed by atoms with Gasteiger partial charge in [0.05, 0.1) is 18.5 Å². The Morgan fingerprint density at radius 1 is 1.25 bits per heavy atom. The summed E-state index contributed by atoms with van der Waals surface area (Å²) in [4.78, 5) is 35.0. The molecule has 0 radical (unpaired) electrons. The second-order valence-electron chi connectivity index (χ2n) is 5.70. The van der Waals surface area contributed by atoms with E-state index in [1.807, 2.05) is 0 Å². The summed E-state index contributed by atoms with van der Waals surface area (Å²) in [5.41, 5.74) is -0.765. The van der Waals surface area contributed by atoms with Crippen LogP contribution < -0.4 is 10.6 Å². The number of hydrogen-bond donors (Lipinski definition) is 3. The van der Waals surface area contributed by atoms with E-state index in [0.29, 0.717) is 26.1 Å². The van der Waals surface area contributed by atoms with Crippen LogP contribution in [0.2, 0.25) is 0 Å². The highest BCUT2D eigenvalue weighted by atomic mass is 19.1. The molecule has 1 aliphatic rings. The van der Waals surface area contributed by atoms with Crippen LogP contribution in [0.1, 0.15) is 29.6 Å². The van der Waals surface area contributed by atoms with Crippen molar-refractivity contribution < 1.29 is 28.6 Å². The number of carbonyl (C=O) groups is 3. The van der Waals surface area contributed by atoms with E-state index >= 15 is 0 Å². The molecule has 2 amide bonds. The first kappa shape index (κ1) is 17.9. The van der Waals surface area contributed by atoms with Crippen molar-refractivity contribution in [1.29, 1.82) is 0 Å². The van der Waals surface area contributed by atoms with Gasteiger partial charge < -0.3 is 20.5 Å². The van der Waals surface area contributed by atoms with Crippen LogP contribution in [0, 0.1) is 5.82 Å². The first-order valence-electron chi connectivity index (χ1n) is 7.54. The molecule has 2 rings (SSSR count). The molecule has 1 heterocycles. The van der Waals surface area contributed by atoms with Gasteiger partial charge in [0, 0.05) is 18.8 Å². The molecule has 1 aromatic rings. The van der Waals surface area contributed by atoms with Crippen LogP contribution in [-0.4, -0.2) is 48.2 Å². The highest BCUT2D eigenvalue weighted by Gasteiger charge is 2.36. The van der Waals surface area contributed by atoms with Crippen molar-refractivity contribution in [3.8, 4) is 0 Å². The SMILES string of the molecule is O=C(O)CC1(NC(=O)CNC(=O)c2cccc(F)c2)CCOCC1. The van der Waals surface area contributed by atoms with Crippen molar-refractivity contribution in [3.05, 3.63) is 35.6 Å². The second-order valence-corrected chi connectivity index (χ2v) is 5.70. The Labute approximate surface area is 138 Å². The van der Waals surface area contributed by atoms with E-state index in [2.05, 4.69) is 10.6 Å². The summed E-state index contributed by atoms with van der Waals surface area (Å²) >= 11 is 0. The number of nitrogens with one attached hydrogen (secondary N) is 2. The Bertz CT molecular complexity index is 629. The Balaban J connectivity index is 1.91. The summed E-state index contributed by atoms with van der Waals surface area (Å²) < 4.78 is 18.3. The molecule has 1 aliphatic heterocycles. The Morgan fingerprint density at radius 3 is 2.58 bits per heavy atom. The highest BCUT2D eigenvalue weighted by molar-refractivity contribution is 5.96. The minimum absolute atomic E-state index is 0.106. The smallest absolute Gasteiger partial charge is 0.305 e. The number of carboxylic acid groups (broad SMARTS) is 1. The van der Waals surface area contributed by atoms with Crippen LogP contribution in [0.5, 0.6) is 0 Å².